The van der Waals surface area contributed by atoms with E-state index in [2.05, 4.69) is 4.74 Å². The molecule has 1 aliphatic heterocycles. The number of ether oxygens (including phenoxy) is 2. The van der Waals surface area contributed by atoms with Crippen molar-refractivity contribution in [1.82, 2.24) is 4.90 Å². The molecule has 1 amide bonds. The Labute approximate surface area is 114 Å². The van der Waals surface area contributed by atoms with Gasteiger partial charge in [0, 0.05) is 25.6 Å². The van der Waals surface area contributed by atoms with E-state index in [4.69, 9.17) is 10.5 Å². The molecule has 2 unspecified atom stereocenters. The van der Waals surface area contributed by atoms with Crippen molar-refractivity contribution in [2.75, 3.05) is 20.2 Å². The molecule has 0 radical (unpaired) electrons. The summed E-state index contributed by atoms with van der Waals surface area (Å²) in [5.74, 6) is -0.130. The molecule has 0 aromatic rings. The first-order valence-electron chi connectivity index (χ1n) is 6.53. The van der Waals surface area contributed by atoms with Crippen LogP contribution < -0.4 is 5.73 Å². The van der Waals surface area contributed by atoms with Gasteiger partial charge in [0.15, 0.2) is 0 Å². The van der Waals surface area contributed by atoms with E-state index in [9.17, 15) is 9.59 Å². The number of nitrogens with two attached hydrogens (primary N) is 1. The van der Waals surface area contributed by atoms with Gasteiger partial charge in [-0.05, 0) is 33.1 Å². The highest BCUT2D eigenvalue weighted by molar-refractivity contribution is 5.69. The molecule has 1 heterocycles. The predicted molar refractivity (Wildman–Crippen MR) is 70.5 cm³/mol. The van der Waals surface area contributed by atoms with Crippen molar-refractivity contribution in [1.29, 1.82) is 0 Å². The lowest BCUT2D eigenvalue weighted by atomic mass is 9.99. The summed E-state index contributed by atoms with van der Waals surface area (Å²) in [5.41, 5.74) is 5.49. The monoisotopic (exact) mass is 272 g/mol. The fourth-order valence-corrected chi connectivity index (χ4v) is 2.08. The highest BCUT2D eigenvalue weighted by atomic mass is 16.6. The summed E-state index contributed by atoms with van der Waals surface area (Å²) in [6, 6.07) is -0.114. The van der Waals surface area contributed by atoms with Gasteiger partial charge in [-0.1, -0.05) is 0 Å². The maximum atomic E-state index is 11.9. The van der Waals surface area contributed by atoms with Gasteiger partial charge in [-0.15, -0.1) is 0 Å². The Morgan fingerprint density at radius 1 is 1.32 bits per heavy atom. The van der Waals surface area contributed by atoms with Gasteiger partial charge in [-0.2, -0.15) is 0 Å². The van der Waals surface area contributed by atoms with Gasteiger partial charge in [0.05, 0.1) is 7.11 Å². The molecule has 0 spiro atoms. The van der Waals surface area contributed by atoms with Crippen molar-refractivity contribution in [2.24, 2.45) is 11.7 Å². The van der Waals surface area contributed by atoms with E-state index in [1.165, 1.54) is 7.11 Å². The molecule has 0 aromatic carbocycles. The molecule has 1 saturated heterocycles. The minimum Gasteiger partial charge on any atom is -0.469 e. The summed E-state index contributed by atoms with van der Waals surface area (Å²) in [5, 5.41) is 0. The van der Waals surface area contributed by atoms with E-state index in [1.54, 1.807) is 4.90 Å². The first-order valence-corrected chi connectivity index (χ1v) is 6.53. The van der Waals surface area contributed by atoms with Crippen LogP contribution in [0, 0.1) is 5.92 Å². The minimum atomic E-state index is -0.509. The second kappa shape index (κ2) is 6.23. The lowest BCUT2D eigenvalue weighted by Crippen LogP contribution is -2.36. The highest BCUT2D eigenvalue weighted by Gasteiger charge is 2.35. The summed E-state index contributed by atoms with van der Waals surface area (Å²) in [6.07, 6.45) is 0.618. The number of likely N-dealkylation sites (tertiary alicyclic amines) is 1. The molecule has 6 nitrogen and oxygen atoms in total. The van der Waals surface area contributed by atoms with Crippen molar-refractivity contribution in [2.45, 2.75) is 45.3 Å². The number of hydrogen-bond donors (Lipinski definition) is 1. The minimum absolute atomic E-state index is 0.114. The summed E-state index contributed by atoms with van der Waals surface area (Å²) in [7, 11) is 1.36. The molecule has 19 heavy (non-hydrogen) atoms. The first-order chi connectivity index (χ1) is 8.73. The fourth-order valence-electron chi connectivity index (χ4n) is 2.08. The Bertz CT molecular complexity index is 338. The number of hydrogen-bond acceptors (Lipinski definition) is 5. The van der Waals surface area contributed by atoms with E-state index in [-0.39, 0.29) is 24.0 Å². The summed E-state index contributed by atoms with van der Waals surface area (Å²) < 4.78 is 9.91. The van der Waals surface area contributed by atoms with E-state index in [0.717, 1.165) is 0 Å². The zero-order valence-electron chi connectivity index (χ0n) is 12.1. The molecule has 6 heteroatoms. The van der Waals surface area contributed by atoms with Crippen LogP contribution in [0.25, 0.3) is 0 Å². The average Bonchev–Trinajstić information content (AvgIpc) is 2.65. The maximum Gasteiger partial charge on any atom is 0.410 e. The predicted octanol–water partition coefficient (Wildman–Crippen LogP) is 1.13. The van der Waals surface area contributed by atoms with Crippen LogP contribution in [0.4, 0.5) is 4.79 Å². The van der Waals surface area contributed by atoms with E-state index < -0.39 is 5.60 Å². The van der Waals surface area contributed by atoms with Gasteiger partial charge in [0.1, 0.15) is 5.60 Å². The number of carbonyl (C=O) groups excluding carboxylic acids is 2. The normalized spacial score (nSPS) is 23.3. The molecular formula is C13H24N2O4. The van der Waals surface area contributed by atoms with E-state index in [1.807, 2.05) is 20.8 Å². The third-order valence-corrected chi connectivity index (χ3v) is 3.09. The quantitative estimate of drug-likeness (QED) is 0.779. The Hall–Kier alpha value is -1.30. The third-order valence-electron chi connectivity index (χ3n) is 3.09. The number of amides is 1. The number of methoxy groups -OCH3 is 1. The van der Waals surface area contributed by atoms with Crippen LogP contribution in [0.2, 0.25) is 0 Å². The Morgan fingerprint density at radius 2 is 1.95 bits per heavy atom. The van der Waals surface area contributed by atoms with Crippen LogP contribution in [0.5, 0.6) is 0 Å². The molecule has 2 atom stereocenters. The molecule has 0 aromatic heterocycles. The topological polar surface area (TPSA) is 81.9 Å². The van der Waals surface area contributed by atoms with Gasteiger partial charge in [0.2, 0.25) is 0 Å². The van der Waals surface area contributed by atoms with Crippen LogP contribution in [0.3, 0.4) is 0 Å². The Balaban J connectivity index is 2.45. The van der Waals surface area contributed by atoms with E-state index >= 15 is 0 Å². The van der Waals surface area contributed by atoms with E-state index in [0.29, 0.717) is 25.9 Å². The SMILES string of the molecule is COC(=O)CCC1CN(C(=O)OC(C)(C)C)CC1N. The van der Waals surface area contributed by atoms with Crippen molar-refractivity contribution in [3.63, 3.8) is 0 Å². The maximum absolute atomic E-state index is 11.9. The molecule has 110 valence electrons. The van der Waals surface area contributed by atoms with Crippen molar-refractivity contribution in [3.8, 4) is 0 Å². The largest absolute Gasteiger partial charge is 0.469 e. The second-order valence-electron chi connectivity index (χ2n) is 5.92. The van der Waals surface area contributed by atoms with Crippen LogP contribution in [-0.4, -0.2) is 48.8 Å². The molecule has 1 rings (SSSR count). The standard InChI is InChI=1S/C13H24N2O4/c1-13(2,3)19-12(17)15-7-9(10(14)8-15)5-6-11(16)18-4/h9-10H,5-8,14H2,1-4H3. The Morgan fingerprint density at radius 3 is 2.47 bits per heavy atom. The zero-order valence-corrected chi connectivity index (χ0v) is 12.1. The number of rotatable bonds is 3. The van der Waals surface area contributed by atoms with Gasteiger partial charge < -0.3 is 20.1 Å². The van der Waals surface area contributed by atoms with Crippen molar-refractivity contribution in [3.05, 3.63) is 0 Å². The molecule has 0 saturated carbocycles. The van der Waals surface area contributed by atoms with Crippen LogP contribution in [-0.2, 0) is 14.3 Å². The van der Waals surface area contributed by atoms with Crippen molar-refractivity contribution < 1.29 is 19.1 Å². The smallest absolute Gasteiger partial charge is 0.410 e. The van der Waals surface area contributed by atoms with Gasteiger partial charge in [-0.3, -0.25) is 4.79 Å². The molecular weight excluding hydrogens is 248 g/mol. The first kappa shape index (κ1) is 15.8. The summed E-state index contributed by atoms with van der Waals surface area (Å²) in [6.45, 7) is 6.49. The average molecular weight is 272 g/mol. The molecule has 0 aliphatic carbocycles. The van der Waals surface area contributed by atoms with Crippen molar-refractivity contribution >= 4 is 12.1 Å². The van der Waals surface area contributed by atoms with Gasteiger partial charge in [-0.25, -0.2) is 4.79 Å². The van der Waals surface area contributed by atoms with Gasteiger partial charge in [0.25, 0.3) is 0 Å². The molecule has 0 bridgehead atoms. The number of carbonyl (C=O) groups is 2. The molecule has 1 fully saturated rings. The highest BCUT2D eigenvalue weighted by Crippen LogP contribution is 2.22. The third kappa shape index (κ3) is 5.06. The van der Waals surface area contributed by atoms with Crippen LogP contribution in [0.1, 0.15) is 33.6 Å². The lowest BCUT2D eigenvalue weighted by Gasteiger charge is -2.24. The second-order valence-corrected chi connectivity index (χ2v) is 5.92. The summed E-state index contributed by atoms with van der Waals surface area (Å²) >= 11 is 0. The molecule has 1 aliphatic rings. The van der Waals surface area contributed by atoms with Crippen LogP contribution >= 0.6 is 0 Å². The number of nitrogens with zero attached hydrogens (tertiary/aromatic N) is 1. The lowest BCUT2D eigenvalue weighted by molar-refractivity contribution is -0.140. The Kier molecular flexibility index (Phi) is 5.17. The molecule has 2 N–H and O–H groups in total. The number of esters is 1. The van der Waals surface area contributed by atoms with Gasteiger partial charge >= 0.3 is 12.1 Å². The fraction of sp³-hybridized carbons (Fsp3) is 0.846. The summed E-state index contributed by atoms with van der Waals surface area (Å²) in [4.78, 5) is 24.6. The zero-order chi connectivity index (χ0) is 14.6. The van der Waals surface area contributed by atoms with Crippen LogP contribution in [0.15, 0.2) is 0 Å².